The summed E-state index contributed by atoms with van der Waals surface area (Å²) >= 11 is 0. The Morgan fingerprint density at radius 1 is 1.21 bits per heavy atom. The number of hydrogen-bond acceptors (Lipinski definition) is 3. The Bertz CT molecular complexity index is 673. The molecule has 0 bridgehead atoms. The molecule has 0 aliphatic rings. The van der Waals surface area contributed by atoms with Crippen LogP contribution in [0, 0.1) is 0 Å². The maximum absolute atomic E-state index is 12.0. The summed E-state index contributed by atoms with van der Waals surface area (Å²) in [7, 11) is 0. The van der Waals surface area contributed by atoms with Gasteiger partial charge in [0, 0.05) is 18.6 Å². The van der Waals surface area contributed by atoms with Crippen LogP contribution >= 0.6 is 0 Å². The lowest BCUT2D eigenvalue weighted by atomic mass is 10.3. The highest BCUT2D eigenvalue weighted by Gasteiger charge is 2.08. The van der Waals surface area contributed by atoms with E-state index >= 15 is 0 Å². The Balaban J connectivity index is 1.73. The Kier molecular flexibility index (Phi) is 2.94. The van der Waals surface area contributed by atoms with Crippen molar-refractivity contribution in [2.24, 2.45) is 0 Å². The van der Waals surface area contributed by atoms with Crippen LogP contribution in [-0.2, 0) is 6.54 Å². The van der Waals surface area contributed by atoms with Crippen LogP contribution in [0.3, 0.4) is 0 Å². The number of hydrogen-bond donors (Lipinski definition) is 1. The summed E-state index contributed by atoms with van der Waals surface area (Å²) in [4.78, 5) is 16.2. The van der Waals surface area contributed by atoms with Crippen molar-refractivity contribution in [3.05, 3.63) is 66.2 Å². The Hall–Kier alpha value is -2.69. The van der Waals surface area contributed by atoms with Gasteiger partial charge in [-0.3, -0.25) is 9.78 Å². The molecule has 3 rings (SSSR count). The van der Waals surface area contributed by atoms with Crippen LogP contribution < -0.4 is 5.32 Å². The maximum atomic E-state index is 12.0. The van der Waals surface area contributed by atoms with Gasteiger partial charge >= 0.3 is 0 Å². The minimum absolute atomic E-state index is 0.129. The van der Waals surface area contributed by atoms with Gasteiger partial charge in [-0.1, -0.05) is 6.07 Å². The summed E-state index contributed by atoms with van der Waals surface area (Å²) in [6.07, 6.45) is 5.10. The predicted octanol–water partition coefficient (Wildman–Crippen LogP) is 1.66. The van der Waals surface area contributed by atoms with E-state index in [4.69, 9.17) is 0 Å². The molecule has 1 amide bonds. The Morgan fingerprint density at radius 3 is 2.95 bits per heavy atom. The predicted molar refractivity (Wildman–Crippen MR) is 70.6 cm³/mol. The van der Waals surface area contributed by atoms with Gasteiger partial charge in [-0.2, -0.15) is 5.10 Å². The van der Waals surface area contributed by atoms with E-state index in [1.807, 2.05) is 30.3 Å². The number of aromatic nitrogens is 3. The van der Waals surface area contributed by atoms with Crippen molar-refractivity contribution in [2.75, 3.05) is 0 Å². The van der Waals surface area contributed by atoms with E-state index in [2.05, 4.69) is 15.4 Å². The molecule has 0 radical (unpaired) electrons. The third-order valence-electron chi connectivity index (χ3n) is 2.79. The second-order valence-corrected chi connectivity index (χ2v) is 4.13. The van der Waals surface area contributed by atoms with Crippen molar-refractivity contribution in [1.82, 2.24) is 19.9 Å². The standard InChI is InChI=1S/C14H12N4O/c19-14(16-9-12-4-1-2-6-15-12)11-8-13-5-3-7-17-18(13)10-11/h1-8,10H,9H2,(H,16,19). The Morgan fingerprint density at radius 2 is 2.16 bits per heavy atom. The molecule has 0 aromatic carbocycles. The number of nitrogens with zero attached hydrogens (tertiary/aromatic N) is 3. The topological polar surface area (TPSA) is 59.3 Å². The van der Waals surface area contributed by atoms with Crippen LogP contribution in [0.15, 0.2) is 55.0 Å². The van der Waals surface area contributed by atoms with Gasteiger partial charge in [0.1, 0.15) is 0 Å². The first kappa shape index (κ1) is 11.4. The molecule has 0 fully saturated rings. The highest BCUT2D eigenvalue weighted by Crippen LogP contribution is 2.08. The maximum Gasteiger partial charge on any atom is 0.253 e. The van der Waals surface area contributed by atoms with Crippen LogP contribution in [0.1, 0.15) is 16.1 Å². The van der Waals surface area contributed by atoms with E-state index in [0.717, 1.165) is 11.2 Å². The van der Waals surface area contributed by atoms with E-state index in [1.54, 1.807) is 29.2 Å². The van der Waals surface area contributed by atoms with Crippen LogP contribution in [0.4, 0.5) is 0 Å². The number of rotatable bonds is 3. The number of carbonyl (C=O) groups is 1. The number of carbonyl (C=O) groups excluding carboxylic acids is 1. The van der Waals surface area contributed by atoms with Gasteiger partial charge < -0.3 is 5.32 Å². The smallest absolute Gasteiger partial charge is 0.253 e. The van der Waals surface area contributed by atoms with Gasteiger partial charge in [0.25, 0.3) is 5.91 Å². The average molecular weight is 252 g/mol. The first-order chi connectivity index (χ1) is 9.33. The second kappa shape index (κ2) is 4.89. The summed E-state index contributed by atoms with van der Waals surface area (Å²) in [6, 6.07) is 11.2. The van der Waals surface area contributed by atoms with Crippen LogP contribution in [0.2, 0.25) is 0 Å². The molecule has 5 nitrogen and oxygen atoms in total. The average Bonchev–Trinajstić information content (AvgIpc) is 2.90. The molecule has 3 heterocycles. The highest BCUT2D eigenvalue weighted by molar-refractivity contribution is 5.95. The van der Waals surface area contributed by atoms with Gasteiger partial charge in [-0.05, 0) is 30.3 Å². The van der Waals surface area contributed by atoms with Crippen molar-refractivity contribution in [3.8, 4) is 0 Å². The van der Waals surface area contributed by atoms with Gasteiger partial charge in [0.15, 0.2) is 0 Å². The summed E-state index contributed by atoms with van der Waals surface area (Å²) in [6.45, 7) is 0.416. The normalized spacial score (nSPS) is 10.5. The zero-order valence-corrected chi connectivity index (χ0v) is 10.2. The molecule has 5 heteroatoms. The van der Waals surface area contributed by atoms with Crippen LogP contribution in [0.5, 0.6) is 0 Å². The fourth-order valence-electron chi connectivity index (χ4n) is 1.85. The lowest BCUT2D eigenvalue weighted by Crippen LogP contribution is -2.22. The van der Waals surface area contributed by atoms with Crippen LogP contribution in [0.25, 0.3) is 5.52 Å². The molecule has 1 N–H and O–H groups in total. The van der Waals surface area contributed by atoms with E-state index in [9.17, 15) is 4.79 Å². The third-order valence-corrected chi connectivity index (χ3v) is 2.79. The SMILES string of the molecule is O=C(NCc1ccccn1)c1cc2cccnn2c1. The first-order valence-electron chi connectivity index (χ1n) is 5.94. The highest BCUT2D eigenvalue weighted by atomic mass is 16.1. The van der Waals surface area contributed by atoms with Crippen molar-refractivity contribution >= 4 is 11.4 Å². The fourth-order valence-corrected chi connectivity index (χ4v) is 1.85. The molecule has 0 unspecified atom stereocenters. The molecule has 19 heavy (non-hydrogen) atoms. The lowest BCUT2D eigenvalue weighted by Gasteiger charge is -2.02. The molecular weight excluding hydrogens is 240 g/mol. The monoisotopic (exact) mass is 252 g/mol. The van der Waals surface area contributed by atoms with Gasteiger partial charge in [0.05, 0.1) is 23.3 Å². The quantitative estimate of drug-likeness (QED) is 0.771. The van der Waals surface area contributed by atoms with Gasteiger partial charge in [-0.25, -0.2) is 4.52 Å². The molecule has 0 saturated heterocycles. The minimum Gasteiger partial charge on any atom is -0.346 e. The first-order valence-corrected chi connectivity index (χ1v) is 5.94. The zero-order chi connectivity index (χ0) is 13.1. The largest absolute Gasteiger partial charge is 0.346 e. The Labute approximate surface area is 109 Å². The van der Waals surface area contributed by atoms with E-state index in [-0.39, 0.29) is 5.91 Å². The summed E-state index contributed by atoms with van der Waals surface area (Å²) in [5, 5.41) is 6.96. The third kappa shape index (κ3) is 2.44. The van der Waals surface area contributed by atoms with Gasteiger partial charge in [-0.15, -0.1) is 0 Å². The molecule has 0 aliphatic heterocycles. The summed E-state index contributed by atoms with van der Waals surface area (Å²) < 4.78 is 1.68. The van der Waals surface area contributed by atoms with Crippen molar-refractivity contribution in [3.63, 3.8) is 0 Å². The molecule has 0 atom stereocenters. The molecule has 0 spiro atoms. The molecule has 94 valence electrons. The number of pyridine rings is 1. The second-order valence-electron chi connectivity index (χ2n) is 4.13. The fraction of sp³-hybridized carbons (Fsp3) is 0.0714. The molecular formula is C14H12N4O. The zero-order valence-electron chi connectivity index (χ0n) is 10.2. The van der Waals surface area contributed by atoms with Crippen molar-refractivity contribution in [1.29, 1.82) is 0 Å². The van der Waals surface area contributed by atoms with Gasteiger partial charge in [0.2, 0.25) is 0 Å². The van der Waals surface area contributed by atoms with E-state index in [1.165, 1.54) is 0 Å². The molecule has 3 aromatic rings. The molecule has 0 saturated carbocycles. The molecule has 3 aromatic heterocycles. The summed E-state index contributed by atoms with van der Waals surface area (Å²) in [5.41, 5.74) is 2.32. The summed E-state index contributed by atoms with van der Waals surface area (Å²) in [5.74, 6) is -0.129. The van der Waals surface area contributed by atoms with Crippen LogP contribution in [-0.4, -0.2) is 20.5 Å². The molecule has 0 aliphatic carbocycles. The van der Waals surface area contributed by atoms with E-state index in [0.29, 0.717) is 12.1 Å². The number of fused-ring (bicyclic) bond motifs is 1. The minimum atomic E-state index is -0.129. The lowest BCUT2D eigenvalue weighted by molar-refractivity contribution is 0.0950. The van der Waals surface area contributed by atoms with Crippen molar-refractivity contribution in [2.45, 2.75) is 6.54 Å². The van der Waals surface area contributed by atoms with E-state index < -0.39 is 0 Å². The van der Waals surface area contributed by atoms with Crippen molar-refractivity contribution < 1.29 is 4.79 Å². The number of nitrogens with one attached hydrogen (secondary N) is 1. The number of amides is 1.